The van der Waals surface area contributed by atoms with Crippen molar-refractivity contribution in [1.29, 1.82) is 0 Å². The van der Waals surface area contributed by atoms with Gasteiger partial charge in [0, 0.05) is 0 Å². The first-order valence-electron chi connectivity index (χ1n) is 10.8. The van der Waals surface area contributed by atoms with E-state index in [2.05, 4.69) is 6.92 Å². The maximum absolute atomic E-state index is 9.16. The highest BCUT2D eigenvalue weighted by Gasteiger charge is 2.00. The normalized spacial score (nSPS) is 12.5. The molecule has 0 bridgehead atoms. The van der Waals surface area contributed by atoms with Gasteiger partial charge in [0.05, 0.1) is 6.10 Å². The largest absolute Gasteiger partial charge is 0.466 e. The highest BCUT2D eigenvalue weighted by molar-refractivity contribution is 7.99. The molecule has 5 nitrogen and oxygen atoms in total. The van der Waals surface area contributed by atoms with Gasteiger partial charge in [0.2, 0.25) is 0 Å². The van der Waals surface area contributed by atoms with Crippen molar-refractivity contribution >= 4 is 19.6 Å². The standard InChI is InChI=1S/C20H42OS.H3O4P/c1-3-4-5-6-7-8-9-10-11-12-13-14-15-16-18-22-19-17-20(2)21;1-5(2,3)4/h20-21H,3-19H2,1-2H3;(H3,1,2,3,4). The molecular weight excluding hydrogens is 383 g/mol. The van der Waals surface area contributed by atoms with E-state index in [0.29, 0.717) is 0 Å². The van der Waals surface area contributed by atoms with Crippen LogP contribution in [0.15, 0.2) is 0 Å². The zero-order chi connectivity index (χ0) is 20.8. The molecule has 0 saturated carbocycles. The van der Waals surface area contributed by atoms with E-state index < -0.39 is 7.82 Å². The number of unbranched alkanes of at least 4 members (excludes halogenated alkanes) is 13. The minimum absolute atomic E-state index is 0.121. The van der Waals surface area contributed by atoms with Crippen molar-refractivity contribution in [2.75, 3.05) is 11.5 Å². The molecule has 0 amide bonds. The lowest BCUT2D eigenvalue weighted by Crippen LogP contribution is -2.00. The summed E-state index contributed by atoms with van der Waals surface area (Å²) in [6, 6.07) is 0. The van der Waals surface area contributed by atoms with Gasteiger partial charge in [0.15, 0.2) is 0 Å². The van der Waals surface area contributed by atoms with Crippen LogP contribution in [0.5, 0.6) is 0 Å². The second-order valence-corrected chi connectivity index (χ2v) is 9.61. The number of phosphoric acid groups is 1. The average Bonchev–Trinajstić information content (AvgIpc) is 2.56. The summed E-state index contributed by atoms with van der Waals surface area (Å²) in [5, 5.41) is 9.16. The molecule has 0 rings (SSSR count). The predicted molar refractivity (Wildman–Crippen MR) is 118 cm³/mol. The molecular formula is C20H45O5PS. The maximum atomic E-state index is 9.16. The molecule has 0 fully saturated rings. The van der Waals surface area contributed by atoms with Gasteiger partial charge in [-0.25, -0.2) is 4.57 Å². The molecule has 1 atom stereocenters. The SMILES string of the molecule is CCCCCCCCCCCCCCCCSCCC(C)O.O=P(O)(O)O. The van der Waals surface area contributed by atoms with Crippen LogP contribution in [0.4, 0.5) is 0 Å². The van der Waals surface area contributed by atoms with Crippen molar-refractivity contribution in [3.63, 3.8) is 0 Å². The summed E-state index contributed by atoms with van der Waals surface area (Å²) >= 11 is 2.01. The third kappa shape index (κ3) is 41.8. The van der Waals surface area contributed by atoms with E-state index >= 15 is 0 Å². The lowest BCUT2D eigenvalue weighted by molar-refractivity contribution is 0.192. The summed E-state index contributed by atoms with van der Waals surface area (Å²) in [6.45, 7) is 4.17. The van der Waals surface area contributed by atoms with Gasteiger partial charge in [-0.1, -0.05) is 90.4 Å². The second kappa shape index (κ2) is 22.7. The third-order valence-electron chi connectivity index (χ3n) is 4.32. The van der Waals surface area contributed by atoms with Crippen molar-refractivity contribution in [1.82, 2.24) is 0 Å². The molecule has 0 aliphatic carbocycles. The molecule has 7 heteroatoms. The van der Waals surface area contributed by atoms with Gasteiger partial charge in [-0.15, -0.1) is 0 Å². The van der Waals surface area contributed by atoms with Crippen LogP contribution in [0.1, 0.15) is 110 Å². The number of aliphatic hydroxyl groups excluding tert-OH is 1. The molecule has 1 unspecified atom stereocenters. The highest BCUT2D eigenvalue weighted by atomic mass is 32.2. The van der Waals surface area contributed by atoms with Crippen LogP contribution in [0.25, 0.3) is 0 Å². The van der Waals surface area contributed by atoms with E-state index in [1.165, 1.54) is 95.6 Å². The summed E-state index contributed by atoms with van der Waals surface area (Å²) < 4.78 is 8.88. The number of hydrogen-bond acceptors (Lipinski definition) is 3. The number of hydrogen-bond donors (Lipinski definition) is 4. The molecule has 0 aliphatic rings. The summed E-state index contributed by atoms with van der Waals surface area (Å²) in [7, 11) is -4.64. The Morgan fingerprint density at radius 3 is 1.37 bits per heavy atom. The molecule has 0 spiro atoms. The molecule has 27 heavy (non-hydrogen) atoms. The maximum Gasteiger partial charge on any atom is 0.466 e. The first kappa shape index (κ1) is 29.6. The Kier molecular flexibility index (Phi) is 24.9. The summed E-state index contributed by atoms with van der Waals surface area (Å²) in [5.74, 6) is 2.40. The van der Waals surface area contributed by atoms with E-state index in [9.17, 15) is 0 Å². The predicted octanol–water partition coefficient (Wildman–Crippen LogP) is 6.04. The smallest absolute Gasteiger partial charge is 0.393 e. The Morgan fingerprint density at radius 2 is 1.04 bits per heavy atom. The van der Waals surface area contributed by atoms with Gasteiger partial charge in [0.1, 0.15) is 0 Å². The van der Waals surface area contributed by atoms with Crippen LogP contribution in [-0.2, 0) is 4.57 Å². The van der Waals surface area contributed by atoms with E-state index in [0.717, 1.165) is 12.2 Å². The number of thioether (sulfide) groups is 1. The summed E-state index contributed by atoms with van der Waals surface area (Å²) in [4.78, 5) is 21.6. The molecule has 0 saturated heterocycles. The zero-order valence-corrected chi connectivity index (χ0v) is 19.4. The van der Waals surface area contributed by atoms with Gasteiger partial charge in [-0.3, -0.25) is 0 Å². The third-order valence-corrected chi connectivity index (χ3v) is 5.42. The molecule has 0 aliphatic heterocycles. The zero-order valence-electron chi connectivity index (χ0n) is 17.7. The van der Waals surface area contributed by atoms with Crippen LogP contribution >= 0.6 is 19.6 Å². The Hall–Kier alpha value is 0.420. The van der Waals surface area contributed by atoms with Crippen LogP contribution in [-0.4, -0.2) is 37.4 Å². The van der Waals surface area contributed by atoms with E-state index in [-0.39, 0.29) is 6.10 Å². The molecule has 0 aromatic carbocycles. The van der Waals surface area contributed by atoms with Crippen LogP contribution in [0, 0.1) is 0 Å². The molecule has 0 heterocycles. The minimum Gasteiger partial charge on any atom is -0.393 e. The van der Waals surface area contributed by atoms with Gasteiger partial charge >= 0.3 is 7.82 Å². The average molecular weight is 429 g/mol. The van der Waals surface area contributed by atoms with Crippen molar-refractivity contribution < 1.29 is 24.4 Å². The van der Waals surface area contributed by atoms with Crippen LogP contribution < -0.4 is 0 Å². The lowest BCUT2D eigenvalue weighted by Gasteiger charge is -2.04. The fraction of sp³-hybridized carbons (Fsp3) is 1.00. The minimum atomic E-state index is -4.64. The lowest BCUT2D eigenvalue weighted by atomic mass is 10.0. The summed E-state index contributed by atoms with van der Waals surface area (Å²) in [5.41, 5.74) is 0. The fourth-order valence-electron chi connectivity index (χ4n) is 2.75. The van der Waals surface area contributed by atoms with Crippen molar-refractivity contribution in [2.24, 2.45) is 0 Å². The van der Waals surface area contributed by atoms with Crippen molar-refractivity contribution in [3.05, 3.63) is 0 Å². The van der Waals surface area contributed by atoms with Crippen LogP contribution in [0.2, 0.25) is 0 Å². The molecule has 166 valence electrons. The molecule has 0 aromatic heterocycles. The summed E-state index contributed by atoms with van der Waals surface area (Å²) in [6.07, 6.45) is 20.9. The van der Waals surface area contributed by atoms with Gasteiger partial charge < -0.3 is 19.8 Å². The Morgan fingerprint density at radius 1 is 0.704 bits per heavy atom. The Balaban J connectivity index is 0. The second-order valence-electron chi connectivity index (χ2n) is 7.36. The highest BCUT2D eigenvalue weighted by Crippen LogP contribution is 2.25. The Bertz CT molecular complexity index is 315. The van der Waals surface area contributed by atoms with E-state index in [4.69, 9.17) is 24.4 Å². The fourth-order valence-corrected chi connectivity index (χ4v) is 3.87. The first-order chi connectivity index (χ1) is 12.8. The van der Waals surface area contributed by atoms with Crippen molar-refractivity contribution in [3.8, 4) is 0 Å². The molecule has 4 N–H and O–H groups in total. The van der Waals surface area contributed by atoms with Gasteiger partial charge in [-0.05, 0) is 31.3 Å². The van der Waals surface area contributed by atoms with Crippen molar-refractivity contribution in [2.45, 2.75) is 116 Å². The number of rotatable bonds is 18. The van der Waals surface area contributed by atoms with E-state index in [1.807, 2.05) is 18.7 Å². The topological polar surface area (TPSA) is 98.0 Å². The first-order valence-corrected chi connectivity index (χ1v) is 13.5. The van der Waals surface area contributed by atoms with Gasteiger partial charge in [-0.2, -0.15) is 11.8 Å². The monoisotopic (exact) mass is 428 g/mol. The molecule has 0 aromatic rings. The Labute approximate surface area is 172 Å². The quantitative estimate of drug-likeness (QED) is 0.157. The van der Waals surface area contributed by atoms with E-state index in [1.54, 1.807) is 0 Å². The van der Waals surface area contributed by atoms with Gasteiger partial charge in [0.25, 0.3) is 0 Å². The molecule has 0 radical (unpaired) electrons. The van der Waals surface area contributed by atoms with Crippen LogP contribution in [0.3, 0.4) is 0 Å². The number of aliphatic hydroxyl groups is 1.